The van der Waals surface area contributed by atoms with E-state index in [-0.39, 0.29) is 29.0 Å². The van der Waals surface area contributed by atoms with E-state index in [0.717, 1.165) is 10.8 Å². The van der Waals surface area contributed by atoms with E-state index in [9.17, 15) is 20.4 Å². The minimum Gasteiger partial charge on any atom is -0.508 e. The van der Waals surface area contributed by atoms with Crippen LogP contribution >= 0.6 is 0 Å². The maximum Gasteiger partial charge on any atom is 0.308 e. The van der Waals surface area contributed by atoms with Crippen molar-refractivity contribution in [3.05, 3.63) is 59.7 Å². The van der Waals surface area contributed by atoms with E-state index >= 15 is 0 Å². The van der Waals surface area contributed by atoms with Crippen LogP contribution in [0, 0.1) is 0 Å². The van der Waals surface area contributed by atoms with Gasteiger partial charge in [-0.3, -0.25) is 0 Å². The van der Waals surface area contributed by atoms with Crippen LogP contribution in [-0.2, 0) is 5.79 Å². The molecule has 3 aromatic carbocycles. The Bertz CT molecular complexity index is 1000. The molecule has 0 bridgehead atoms. The molecule has 0 aromatic heterocycles. The lowest BCUT2D eigenvalue weighted by Crippen LogP contribution is -2.54. The Balaban J connectivity index is 1.81. The smallest absolute Gasteiger partial charge is 0.308 e. The Morgan fingerprint density at radius 3 is 2.12 bits per heavy atom. The van der Waals surface area contributed by atoms with Crippen LogP contribution < -0.4 is 9.47 Å². The third kappa shape index (κ3) is 1.83. The van der Waals surface area contributed by atoms with Gasteiger partial charge >= 0.3 is 5.79 Å². The van der Waals surface area contributed by atoms with Gasteiger partial charge in [-0.05, 0) is 29.7 Å². The second kappa shape index (κ2) is 5.03. The summed E-state index contributed by atoms with van der Waals surface area (Å²) in [5.41, 5.74) is 0.136. The zero-order valence-corrected chi connectivity index (χ0v) is 13.6. The van der Waals surface area contributed by atoms with Gasteiger partial charge in [0, 0.05) is 12.0 Å². The molecule has 0 saturated carbocycles. The van der Waals surface area contributed by atoms with Gasteiger partial charge in [-0.15, -0.1) is 0 Å². The van der Waals surface area contributed by atoms with Crippen LogP contribution in [0.25, 0.3) is 10.8 Å². The normalized spacial score (nSPS) is 22.5. The molecule has 6 heteroatoms. The van der Waals surface area contributed by atoms with Crippen molar-refractivity contribution < 1.29 is 29.9 Å². The first-order chi connectivity index (χ1) is 12.5. The van der Waals surface area contributed by atoms with E-state index in [2.05, 4.69) is 0 Å². The lowest BCUT2D eigenvalue weighted by atomic mass is 9.80. The van der Waals surface area contributed by atoms with E-state index in [4.69, 9.17) is 9.47 Å². The third-order valence-corrected chi connectivity index (χ3v) is 5.12. The predicted molar refractivity (Wildman–Crippen MR) is 92.2 cm³/mol. The molecule has 0 radical (unpaired) electrons. The average Bonchev–Trinajstić information content (AvgIpc) is 2.62. The van der Waals surface area contributed by atoms with Crippen LogP contribution in [0.3, 0.4) is 0 Å². The summed E-state index contributed by atoms with van der Waals surface area (Å²) in [6, 6.07) is 13.6. The van der Waals surface area contributed by atoms with Crippen LogP contribution in [-0.4, -0.2) is 26.5 Å². The van der Waals surface area contributed by atoms with E-state index < -0.39 is 18.0 Å². The van der Waals surface area contributed by atoms with Crippen molar-refractivity contribution in [3.8, 4) is 23.0 Å². The average molecular weight is 352 g/mol. The Morgan fingerprint density at radius 2 is 1.46 bits per heavy atom. The Labute approximate surface area is 148 Å². The van der Waals surface area contributed by atoms with Gasteiger partial charge in [0.1, 0.15) is 29.1 Å². The number of aliphatic hydroxyl groups excluding tert-OH is 2. The summed E-state index contributed by atoms with van der Waals surface area (Å²) in [5, 5.41) is 43.6. The topological polar surface area (TPSA) is 99.4 Å². The molecule has 26 heavy (non-hydrogen) atoms. The molecule has 5 rings (SSSR count). The quantitative estimate of drug-likeness (QED) is 0.464. The molecule has 2 aliphatic rings. The summed E-state index contributed by atoms with van der Waals surface area (Å²) in [7, 11) is 0. The van der Waals surface area contributed by atoms with Gasteiger partial charge in [-0.1, -0.05) is 24.3 Å². The highest BCUT2D eigenvalue weighted by molar-refractivity contribution is 5.94. The van der Waals surface area contributed by atoms with Crippen molar-refractivity contribution in [3.63, 3.8) is 0 Å². The van der Waals surface area contributed by atoms with Crippen molar-refractivity contribution >= 4 is 10.8 Å². The Hall–Kier alpha value is -2.96. The number of phenolic OH excluding ortho intramolecular Hbond substituents is 2. The molecule has 1 aliphatic carbocycles. The molecule has 1 spiro atoms. The maximum atomic E-state index is 10.8. The lowest BCUT2D eigenvalue weighted by Gasteiger charge is -2.46. The van der Waals surface area contributed by atoms with Gasteiger partial charge in [-0.25, -0.2) is 0 Å². The largest absolute Gasteiger partial charge is 0.508 e. The molecular formula is C20H16O6. The summed E-state index contributed by atoms with van der Waals surface area (Å²) in [5.74, 6) is -1.20. The molecule has 0 fully saturated rings. The molecule has 6 nitrogen and oxygen atoms in total. The number of phenols is 2. The van der Waals surface area contributed by atoms with Gasteiger partial charge < -0.3 is 29.9 Å². The van der Waals surface area contributed by atoms with Crippen molar-refractivity contribution in [2.45, 2.75) is 24.4 Å². The number of ether oxygens (including phenoxy) is 2. The van der Waals surface area contributed by atoms with E-state index in [1.807, 2.05) is 24.3 Å². The van der Waals surface area contributed by atoms with Crippen molar-refractivity contribution in [2.75, 3.05) is 0 Å². The van der Waals surface area contributed by atoms with Gasteiger partial charge in [-0.2, -0.15) is 0 Å². The number of benzene rings is 3. The highest BCUT2D eigenvalue weighted by atomic mass is 16.7. The van der Waals surface area contributed by atoms with Gasteiger partial charge in [0.2, 0.25) is 0 Å². The van der Waals surface area contributed by atoms with E-state index in [0.29, 0.717) is 11.5 Å². The summed E-state index contributed by atoms with van der Waals surface area (Å²) in [6.45, 7) is 0. The molecule has 0 saturated heterocycles. The third-order valence-electron chi connectivity index (χ3n) is 5.12. The number of rotatable bonds is 0. The Morgan fingerprint density at radius 1 is 0.846 bits per heavy atom. The highest BCUT2D eigenvalue weighted by Crippen LogP contribution is 2.54. The molecule has 1 aliphatic heterocycles. The molecule has 132 valence electrons. The first kappa shape index (κ1) is 15.3. The molecular weight excluding hydrogens is 336 g/mol. The van der Waals surface area contributed by atoms with E-state index in [1.165, 1.54) is 12.1 Å². The molecule has 0 amide bonds. The van der Waals surface area contributed by atoms with Crippen LogP contribution in [0.1, 0.15) is 23.7 Å². The van der Waals surface area contributed by atoms with Crippen molar-refractivity contribution in [2.24, 2.45) is 0 Å². The highest BCUT2D eigenvalue weighted by Gasteiger charge is 2.55. The standard InChI is InChI=1S/C20H16O6/c21-11-7-8-12(22)19-18(11)13(23)9-16(24)20(19)25-14-5-1-3-10-4-2-6-15(26-20)17(10)14/h1-8,13,16,21-24H,9H2/t13-,16+/m0/s1. The molecule has 1 heterocycles. The van der Waals surface area contributed by atoms with Crippen molar-refractivity contribution in [1.82, 2.24) is 0 Å². The van der Waals surface area contributed by atoms with Gasteiger partial charge in [0.05, 0.1) is 17.1 Å². The van der Waals surface area contributed by atoms with Crippen LogP contribution in [0.4, 0.5) is 0 Å². The van der Waals surface area contributed by atoms with Gasteiger partial charge in [0.25, 0.3) is 0 Å². The minimum absolute atomic E-state index is 0.0373. The molecule has 3 aromatic rings. The Kier molecular flexibility index (Phi) is 2.96. The zero-order valence-electron chi connectivity index (χ0n) is 13.6. The van der Waals surface area contributed by atoms with Crippen LogP contribution in [0.5, 0.6) is 23.0 Å². The maximum absolute atomic E-state index is 10.8. The summed E-state index contributed by atoms with van der Waals surface area (Å²) in [6.07, 6.45) is -2.53. The first-order valence-corrected chi connectivity index (χ1v) is 8.32. The van der Waals surface area contributed by atoms with Crippen LogP contribution in [0.15, 0.2) is 48.5 Å². The summed E-state index contributed by atoms with van der Waals surface area (Å²) < 4.78 is 12.2. The number of aromatic hydroxyl groups is 2. The number of hydrogen-bond donors (Lipinski definition) is 4. The van der Waals surface area contributed by atoms with Gasteiger partial charge in [0.15, 0.2) is 0 Å². The summed E-state index contributed by atoms with van der Waals surface area (Å²) >= 11 is 0. The van der Waals surface area contributed by atoms with Crippen molar-refractivity contribution in [1.29, 1.82) is 0 Å². The second-order valence-electron chi connectivity index (χ2n) is 6.64. The van der Waals surface area contributed by atoms with E-state index in [1.54, 1.807) is 12.1 Å². The molecule has 4 N–H and O–H groups in total. The van der Waals surface area contributed by atoms with Crippen LogP contribution in [0.2, 0.25) is 0 Å². The second-order valence-corrected chi connectivity index (χ2v) is 6.64. The number of fused-ring (bicyclic) bond motifs is 2. The predicted octanol–water partition coefficient (Wildman–Crippen LogP) is 2.67. The fraction of sp³-hybridized carbons (Fsp3) is 0.200. The molecule has 2 atom stereocenters. The minimum atomic E-state index is -1.76. The fourth-order valence-corrected chi connectivity index (χ4v) is 3.98. The zero-order chi connectivity index (χ0) is 18.1. The number of aliphatic hydroxyl groups is 2. The first-order valence-electron chi connectivity index (χ1n) is 8.32. The monoisotopic (exact) mass is 352 g/mol. The summed E-state index contributed by atoms with van der Waals surface area (Å²) in [4.78, 5) is 0. The SMILES string of the molecule is Oc1ccc(O)c2c1[C@@H](O)C[C@@H](O)C21Oc2cccc3cccc(c23)O1. The lowest BCUT2D eigenvalue weighted by molar-refractivity contribution is -0.215. The molecule has 0 unspecified atom stereocenters. The number of hydrogen-bond acceptors (Lipinski definition) is 6. The fourth-order valence-electron chi connectivity index (χ4n) is 3.98.